The molecule has 0 aromatic heterocycles. The van der Waals surface area contributed by atoms with Crippen LogP contribution in [0.2, 0.25) is 15.1 Å². The van der Waals surface area contributed by atoms with Crippen molar-refractivity contribution in [2.45, 2.75) is 6.42 Å². The molecule has 0 saturated heterocycles. The predicted molar refractivity (Wildman–Crippen MR) is 88.1 cm³/mol. The molecule has 1 amide bonds. The third kappa shape index (κ3) is 2.95. The Bertz CT molecular complexity index is 731. The number of anilines is 2. The summed E-state index contributed by atoms with van der Waals surface area (Å²) in [5, 5.41) is 7.02. The molecule has 0 atom stereocenters. The van der Waals surface area contributed by atoms with Crippen molar-refractivity contribution in [3.8, 4) is 0 Å². The molecule has 1 heterocycles. The molecular weight excluding hydrogens is 331 g/mol. The molecule has 108 valence electrons. The van der Waals surface area contributed by atoms with Gasteiger partial charge in [0.05, 0.1) is 20.8 Å². The van der Waals surface area contributed by atoms with Gasteiger partial charge in [-0.05, 0) is 36.2 Å². The fourth-order valence-corrected chi connectivity index (χ4v) is 2.84. The lowest BCUT2D eigenvalue weighted by Gasteiger charge is -2.10. The van der Waals surface area contributed by atoms with Gasteiger partial charge in [0.1, 0.15) is 0 Å². The standard InChI is InChI=1S/C15H11Cl3N2O/c16-10-6-12(18)14(7-11(10)17)20-15(21)9-2-1-8-3-4-19-13(8)5-9/h1-2,5-7,19H,3-4H2,(H,20,21). The van der Waals surface area contributed by atoms with Crippen molar-refractivity contribution in [1.82, 2.24) is 0 Å². The number of amides is 1. The highest BCUT2D eigenvalue weighted by Crippen LogP contribution is 2.32. The third-order valence-electron chi connectivity index (χ3n) is 3.34. The van der Waals surface area contributed by atoms with Crippen LogP contribution in [-0.2, 0) is 6.42 Å². The number of hydrogen-bond acceptors (Lipinski definition) is 2. The second kappa shape index (κ2) is 5.76. The van der Waals surface area contributed by atoms with Crippen molar-refractivity contribution >= 4 is 52.1 Å². The molecule has 2 aromatic rings. The fourth-order valence-electron chi connectivity index (χ4n) is 2.24. The molecule has 2 aromatic carbocycles. The maximum atomic E-state index is 12.3. The highest BCUT2D eigenvalue weighted by atomic mass is 35.5. The lowest BCUT2D eigenvalue weighted by Crippen LogP contribution is -2.12. The molecule has 21 heavy (non-hydrogen) atoms. The highest BCUT2D eigenvalue weighted by Gasteiger charge is 2.15. The van der Waals surface area contributed by atoms with Gasteiger partial charge in [-0.3, -0.25) is 4.79 Å². The van der Waals surface area contributed by atoms with E-state index in [1.165, 1.54) is 17.7 Å². The van der Waals surface area contributed by atoms with E-state index in [2.05, 4.69) is 10.6 Å². The molecule has 0 saturated carbocycles. The van der Waals surface area contributed by atoms with Gasteiger partial charge in [0.2, 0.25) is 0 Å². The SMILES string of the molecule is O=C(Nc1cc(Cl)c(Cl)cc1Cl)c1ccc2c(c1)NCC2. The number of fused-ring (bicyclic) bond motifs is 1. The number of nitrogens with one attached hydrogen (secondary N) is 2. The molecular formula is C15H11Cl3N2O. The quantitative estimate of drug-likeness (QED) is 0.765. The summed E-state index contributed by atoms with van der Waals surface area (Å²) in [5.41, 5.74) is 3.22. The average Bonchev–Trinajstić information content (AvgIpc) is 2.92. The summed E-state index contributed by atoms with van der Waals surface area (Å²) < 4.78 is 0. The number of rotatable bonds is 2. The lowest BCUT2D eigenvalue weighted by molar-refractivity contribution is 0.102. The monoisotopic (exact) mass is 340 g/mol. The average molecular weight is 342 g/mol. The molecule has 6 heteroatoms. The van der Waals surface area contributed by atoms with Crippen molar-refractivity contribution < 1.29 is 4.79 Å². The van der Waals surface area contributed by atoms with Crippen LogP contribution >= 0.6 is 34.8 Å². The van der Waals surface area contributed by atoms with Crippen LogP contribution in [0.15, 0.2) is 30.3 Å². The lowest BCUT2D eigenvalue weighted by atomic mass is 10.1. The summed E-state index contributed by atoms with van der Waals surface area (Å²) >= 11 is 17.9. The Labute approximate surface area is 137 Å². The van der Waals surface area contributed by atoms with Crippen molar-refractivity contribution in [2.24, 2.45) is 0 Å². The van der Waals surface area contributed by atoms with Gasteiger partial charge in [0.25, 0.3) is 5.91 Å². The minimum atomic E-state index is -0.244. The molecule has 0 bridgehead atoms. The van der Waals surface area contributed by atoms with Gasteiger partial charge >= 0.3 is 0 Å². The largest absolute Gasteiger partial charge is 0.384 e. The van der Waals surface area contributed by atoms with E-state index in [9.17, 15) is 4.79 Å². The van der Waals surface area contributed by atoms with Gasteiger partial charge in [-0.1, -0.05) is 40.9 Å². The number of benzene rings is 2. The summed E-state index contributed by atoms with van der Waals surface area (Å²) in [5.74, 6) is -0.244. The number of carbonyl (C=O) groups is 1. The van der Waals surface area contributed by atoms with Gasteiger partial charge in [0.15, 0.2) is 0 Å². The highest BCUT2D eigenvalue weighted by molar-refractivity contribution is 6.44. The van der Waals surface area contributed by atoms with E-state index in [-0.39, 0.29) is 5.91 Å². The summed E-state index contributed by atoms with van der Waals surface area (Å²) in [7, 11) is 0. The first kappa shape index (κ1) is 14.5. The van der Waals surface area contributed by atoms with Crippen LogP contribution in [0, 0.1) is 0 Å². The van der Waals surface area contributed by atoms with E-state index < -0.39 is 0 Å². The molecule has 3 rings (SSSR count). The number of hydrogen-bond donors (Lipinski definition) is 2. The van der Waals surface area contributed by atoms with E-state index >= 15 is 0 Å². The maximum absolute atomic E-state index is 12.3. The minimum absolute atomic E-state index is 0.244. The zero-order valence-electron chi connectivity index (χ0n) is 10.8. The van der Waals surface area contributed by atoms with Crippen LogP contribution in [0.5, 0.6) is 0 Å². The zero-order valence-corrected chi connectivity index (χ0v) is 13.1. The Hall–Kier alpha value is -1.42. The van der Waals surface area contributed by atoms with Gasteiger partial charge in [-0.2, -0.15) is 0 Å². The maximum Gasteiger partial charge on any atom is 0.255 e. The number of carbonyl (C=O) groups excluding carboxylic acids is 1. The van der Waals surface area contributed by atoms with Crippen LogP contribution in [-0.4, -0.2) is 12.5 Å². The molecule has 1 aliphatic heterocycles. The van der Waals surface area contributed by atoms with E-state index in [4.69, 9.17) is 34.8 Å². The Morgan fingerprint density at radius 1 is 1.05 bits per heavy atom. The smallest absolute Gasteiger partial charge is 0.255 e. The first-order chi connectivity index (χ1) is 10.0. The first-order valence-corrected chi connectivity index (χ1v) is 7.50. The normalized spacial score (nSPS) is 12.7. The van der Waals surface area contributed by atoms with Crippen LogP contribution < -0.4 is 10.6 Å². The van der Waals surface area contributed by atoms with Gasteiger partial charge in [-0.15, -0.1) is 0 Å². The van der Waals surface area contributed by atoms with Gasteiger partial charge in [-0.25, -0.2) is 0 Å². The molecule has 0 spiro atoms. The van der Waals surface area contributed by atoms with Gasteiger partial charge < -0.3 is 10.6 Å². The van der Waals surface area contributed by atoms with E-state index in [0.29, 0.717) is 26.3 Å². The van der Waals surface area contributed by atoms with Crippen LogP contribution in [0.25, 0.3) is 0 Å². The van der Waals surface area contributed by atoms with Gasteiger partial charge in [0, 0.05) is 17.8 Å². The number of halogens is 3. The molecule has 0 unspecified atom stereocenters. The van der Waals surface area contributed by atoms with Crippen molar-refractivity contribution in [3.05, 3.63) is 56.5 Å². The van der Waals surface area contributed by atoms with E-state index in [1.807, 2.05) is 12.1 Å². The van der Waals surface area contributed by atoms with Crippen LogP contribution in [0.1, 0.15) is 15.9 Å². The summed E-state index contributed by atoms with van der Waals surface area (Å²) in [6.07, 6.45) is 0.982. The predicted octanol–water partition coefficient (Wildman–Crippen LogP) is 4.87. The first-order valence-electron chi connectivity index (χ1n) is 6.37. The summed E-state index contributed by atoms with van der Waals surface area (Å²) in [6.45, 7) is 0.902. The molecule has 0 radical (unpaired) electrons. The molecule has 0 aliphatic carbocycles. The van der Waals surface area contributed by atoms with E-state index in [1.54, 1.807) is 6.07 Å². The van der Waals surface area contributed by atoms with Crippen molar-refractivity contribution in [1.29, 1.82) is 0 Å². The summed E-state index contributed by atoms with van der Waals surface area (Å²) in [4.78, 5) is 12.3. The molecule has 1 aliphatic rings. The Morgan fingerprint density at radius 3 is 2.62 bits per heavy atom. The van der Waals surface area contributed by atoms with Crippen LogP contribution in [0.4, 0.5) is 11.4 Å². The van der Waals surface area contributed by atoms with Crippen molar-refractivity contribution in [2.75, 3.05) is 17.2 Å². The Kier molecular flexibility index (Phi) is 3.98. The van der Waals surface area contributed by atoms with Crippen LogP contribution in [0.3, 0.4) is 0 Å². The fraction of sp³-hybridized carbons (Fsp3) is 0.133. The molecule has 3 nitrogen and oxygen atoms in total. The Morgan fingerprint density at radius 2 is 1.81 bits per heavy atom. The topological polar surface area (TPSA) is 41.1 Å². The Balaban J connectivity index is 1.85. The summed E-state index contributed by atoms with van der Waals surface area (Å²) in [6, 6.07) is 8.64. The minimum Gasteiger partial charge on any atom is -0.384 e. The second-order valence-electron chi connectivity index (χ2n) is 4.75. The van der Waals surface area contributed by atoms with E-state index in [0.717, 1.165) is 18.7 Å². The molecule has 2 N–H and O–H groups in total. The van der Waals surface area contributed by atoms with Crippen molar-refractivity contribution in [3.63, 3.8) is 0 Å². The molecule has 0 fully saturated rings. The second-order valence-corrected chi connectivity index (χ2v) is 5.97. The zero-order chi connectivity index (χ0) is 15.0. The third-order valence-corrected chi connectivity index (χ3v) is 4.37.